The van der Waals surface area contributed by atoms with Crippen LogP contribution in [0.15, 0.2) is 201 Å². The Kier molecular flexibility index (Phi) is 17.6. The van der Waals surface area contributed by atoms with Gasteiger partial charge in [0, 0.05) is 106 Å². The highest BCUT2D eigenvalue weighted by Crippen LogP contribution is 2.39. The molecule has 0 radical (unpaired) electrons. The smallest absolute Gasteiger partial charge is 0.251 e. The number of fused-ring (bicyclic) bond motifs is 30. The summed E-state index contributed by atoms with van der Waals surface area (Å²) in [5.41, 5.74) is 39.6. The Morgan fingerprint density at radius 3 is 1.18 bits per heavy atom. The molecule has 21 aromatic rings. The van der Waals surface area contributed by atoms with E-state index < -0.39 is 0 Å². The van der Waals surface area contributed by atoms with Crippen LogP contribution in [0.3, 0.4) is 0 Å². The Morgan fingerprint density at radius 2 is 0.670 bits per heavy atom. The van der Waals surface area contributed by atoms with Crippen molar-refractivity contribution in [2.24, 2.45) is 35.2 Å². The molecule has 15 heteroatoms. The van der Waals surface area contributed by atoms with Crippen LogP contribution in [-0.4, -0.2) is 47.8 Å². The maximum Gasteiger partial charge on any atom is 0.265 e. The van der Waals surface area contributed by atoms with E-state index in [0.717, 1.165) is 56.1 Å². The van der Waals surface area contributed by atoms with Crippen molar-refractivity contribution in [2.75, 3.05) is 0 Å². The van der Waals surface area contributed by atoms with E-state index in [9.17, 15) is 0 Å². The van der Waals surface area contributed by atoms with Gasteiger partial charge in [-0.3, -0.25) is 15.0 Å². The van der Waals surface area contributed by atoms with Crippen molar-refractivity contribution in [2.45, 2.75) is 111 Å². The van der Waals surface area contributed by atoms with Crippen LogP contribution in [0.5, 0.6) is 0 Å². The summed E-state index contributed by atoms with van der Waals surface area (Å²) in [5, 5.41) is 12.4. The number of nitrogens with zero attached hydrogens (tertiary/aromatic N) is 15. The number of hydrogen-bond acceptors (Lipinski definition) is 5. The van der Waals surface area contributed by atoms with Crippen molar-refractivity contribution in [1.82, 2.24) is 47.8 Å². The molecule has 15 heterocycles. The highest BCUT2D eigenvalue weighted by Gasteiger charge is 2.30. The van der Waals surface area contributed by atoms with Gasteiger partial charge in [0.1, 0.15) is 60.7 Å². The molecule has 0 amide bonds. The molecule has 6 aromatic carbocycles. The largest absolute Gasteiger partial charge is 0.265 e. The molecule has 112 heavy (non-hydrogen) atoms. The quantitative estimate of drug-likeness (QED) is 0.120. The van der Waals surface area contributed by atoms with Crippen LogP contribution in [0.2, 0.25) is 0 Å². The minimum atomic E-state index is 1.05. The van der Waals surface area contributed by atoms with Crippen LogP contribution in [0.25, 0.3) is 148 Å². The van der Waals surface area contributed by atoms with Crippen LogP contribution < -0.4 is 23.1 Å². The van der Waals surface area contributed by atoms with E-state index in [4.69, 9.17) is 24.9 Å². The van der Waals surface area contributed by atoms with Gasteiger partial charge in [-0.15, -0.1) is 27.6 Å². The summed E-state index contributed by atoms with van der Waals surface area (Å²) in [5.74, 6) is 0. The van der Waals surface area contributed by atoms with E-state index in [2.05, 4.69) is 393 Å². The van der Waals surface area contributed by atoms with E-state index in [1.807, 2.05) is 0 Å². The molecular formula is C97H96N15+5. The summed E-state index contributed by atoms with van der Waals surface area (Å²) in [6.45, 7) is 34.3. The zero-order valence-electron chi connectivity index (χ0n) is 68.3. The van der Waals surface area contributed by atoms with Gasteiger partial charge in [0.2, 0.25) is 17.2 Å². The SMILES string of the molecule is Cc1cc(C)c2c(n1)c1ccccc1c1c(-c3c(C)cccc3C)c[n+](C)n12.Cc1cc(C)c2c(n1)c1ccccc1c1c(C)c(C)n(C)[n+]12.Cc1cc(C)c2c(n1)c1ccccc1c1c(C)c[n+](C)n12.Cc1cc(C)c2c(n1)c1ccccc1c1cc(C)n(C)[n+]12.Cc1cc(C)c2c(n1)c1ccccc1c1cc[n+](C)n12. The van der Waals surface area contributed by atoms with Gasteiger partial charge < -0.3 is 0 Å². The van der Waals surface area contributed by atoms with Crippen LogP contribution in [-0.2, 0) is 35.2 Å². The molecule has 0 N–H and O–H groups in total. The van der Waals surface area contributed by atoms with Gasteiger partial charge in [0.25, 0.3) is 11.0 Å². The number of aromatic nitrogens is 15. The normalized spacial score (nSPS) is 11.8. The maximum absolute atomic E-state index is 4.94. The molecule has 15 aromatic heterocycles. The minimum Gasteiger partial charge on any atom is -0.251 e. The molecule has 0 aliphatic rings. The monoisotopic (exact) mass is 1470 g/mol. The Labute approximate surface area is 651 Å². The Morgan fingerprint density at radius 1 is 0.286 bits per heavy atom. The van der Waals surface area contributed by atoms with Crippen LogP contribution in [0.1, 0.15) is 89.9 Å². The summed E-state index contributed by atoms with van der Waals surface area (Å²) >= 11 is 0. The van der Waals surface area contributed by atoms with Gasteiger partial charge in [0.05, 0.1) is 41.8 Å². The van der Waals surface area contributed by atoms with Gasteiger partial charge in [0.15, 0.2) is 33.5 Å². The lowest BCUT2D eigenvalue weighted by molar-refractivity contribution is -0.735. The molecule has 0 aliphatic carbocycles. The zero-order chi connectivity index (χ0) is 78.5. The highest BCUT2D eigenvalue weighted by atomic mass is 15.4. The van der Waals surface area contributed by atoms with Gasteiger partial charge in [-0.1, -0.05) is 136 Å². The predicted molar refractivity (Wildman–Crippen MR) is 458 cm³/mol. The molecule has 0 atom stereocenters. The molecule has 15 nitrogen and oxygen atoms in total. The number of pyridine rings is 10. The van der Waals surface area contributed by atoms with Crippen molar-refractivity contribution in [3.8, 4) is 11.1 Å². The van der Waals surface area contributed by atoms with E-state index in [1.54, 1.807) is 0 Å². The molecule has 0 aliphatic heterocycles. The van der Waals surface area contributed by atoms with E-state index in [-0.39, 0.29) is 0 Å². The first kappa shape index (κ1) is 72.0. The van der Waals surface area contributed by atoms with E-state index in [0.29, 0.717) is 0 Å². The zero-order valence-corrected chi connectivity index (χ0v) is 68.3. The van der Waals surface area contributed by atoms with E-state index in [1.165, 1.54) is 182 Å². The first-order valence-electron chi connectivity index (χ1n) is 38.7. The summed E-state index contributed by atoms with van der Waals surface area (Å²) in [4.78, 5) is 24.3. The topological polar surface area (TPSA) is 107 Å². The van der Waals surface area contributed by atoms with Gasteiger partial charge in [-0.25, -0.2) is 9.97 Å². The predicted octanol–water partition coefficient (Wildman–Crippen LogP) is 18.9. The Bertz CT molecular complexity index is 7510. The molecule has 0 saturated heterocycles. The molecule has 0 fully saturated rings. The van der Waals surface area contributed by atoms with Gasteiger partial charge >= 0.3 is 0 Å². The van der Waals surface area contributed by atoms with Gasteiger partial charge in [-0.05, 0) is 187 Å². The average Bonchev–Trinajstić information content (AvgIpc) is 1.54. The van der Waals surface area contributed by atoms with Crippen molar-refractivity contribution >= 4 is 137 Å². The van der Waals surface area contributed by atoms with Crippen molar-refractivity contribution in [3.63, 3.8) is 0 Å². The van der Waals surface area contributed by atoms with E-state index >= 15 is 0 Å². The Balaban J connectivity index is 0.000000102. The first-order valence-corrected chi connectivity index (χ1v) is 38.7. The fourth-order valence-electron chi connectivity index (χ4n) is 18.3. The third kappa shape index (κ3) is 11.4. The second kappa shape index (κ2) is 27.3. The molecular weight excluding hydrogens is 1380 g/mol. The third-order valence-corrected chi connectivity index (χ3v) is 23.2. The van der Waals surface area contributed by atoms with Crippen molar-refractivity contribution in [3.05, 3.63) is 291 Å². The molecule has 0 unspecified atom stereocenters. The fraction of sp³-hybridized carbons (Fsp3) is 0.216. The second-order valence-corrected chi connectivity index (χ2v) is 31.2. The number of rotatable bonds is 1. The summed E-state index contributed by atoms with van der Waals surface area (Å²) in [7, 11) is 10.5. The summed E-state index contributed by atoms with van der Waals surface area (Å²) in [6.07, 6.45) is 6.54. The molecule has 0 spiro atoms. The number of benzene rings is 6. The molecule has 0 bridgehead atoms. The van der Waals surface area contributed by atoms with Gasteiger partial charge in [-0.2, -0.15) is 9.36 Å². The minimum absolute atomic E-state index is 1.05. The lowest BCUT2D eigenvalue weighted by atomic mass is 9.95. The number of hydrogen-bond donors (Lipinski definition) is 0. The number of aryl methyl sites for hydroxylation is 20. The van der Waals surface area contributed by atoms with Crippen molar-refractivity contribution in [1.29, 1.82) is 0 Å². The average molecular weight is 1470 g/mol. The van der Waals surface area contributed by atoms with Crippen LogP contribution >= 0.6 is 0 Å². The molecule has 0 saturated carbocycles. The summed E-state index contributed by atoms with van der Waals surface area (Å²) in [6, 6.07) is 64.6. The molecule has 21 rings (SSSR count). The van der Waals surface area contributed by atoms with Crippen LogP contribution in [0, 0.1) is 111 Å². The fourth-order valence-corrected chi connectivity index (χ4v) is 18.3. The first-order chi connectivity index (χ1) is 53.8. The second-order valence-electron chi connectivity index (χ2n) is 31.2. The van der Waals surface area contributed by atoms with Crippen LogP contribution in [0.4, 0.5) is 0 Å². The lowest BCUT2D eigenvalue weighted by Crippen LogP contribution is -2.34. The summed E-state index contributed by atoms with van der Waals surface area (Å²) < 4.78 is 22.4. The lowest BCUT2D eigenvalue weighted by Gasteiger charge is -2.11. The Hall–Kier alpha value is -12.9. The highest BCUT2D eigenvalue weighted by molar-refractivity contribution is 6.16. The third-order valence-electron chi connectivity index (χ3n) is 23.2. The van der Waals surface area contributed by atoms with Crippen molar-refractivity contribution < 1.29 is 23.1 Å². The maximum atomic E-state index is 4.94. The standard InChI is InChI=1S/C25H24N3.C19H20N3.2C18H18N3.C17H16N3/c1-15-9-8-10-16(2)22(15)21-14-27(5)28-24-17(3)13-18(4)26-23(24)19-11-6-7-12-20(19)25(21)28;1-11-10-12(2)20-17-15-8-6-7-9-16(15)19-13(3)14(4)21(5)22(19)18(11)17;1-11-9-13(3)19-16-14-7-5-6-8-15(14)17-12(2)10-20(4)21(17)18(11)16;1-11-9-12(2)19-17-15-8-6-5-7-14(15)16-10-13(3)20(4)21(16)18(11)17;1-11-10-12(2)18-16-14-7-5-4-6-13(14)15-8-9-19(3)20(15)17(11)16/h6-14H,1-5H3;6-10H,1-5H3;2*5-10H,1-4H3;4-10H,1-3H3/q5*+1. The molecule has 554 valence electrons.